The summed E-state index contributed by atoms with van der Waals surface area (Å²) in [7, 11) is 1.58. The SMILES string of the molecule is COc1ccccc1C(=O)N1CCc2cc3ccccc3nc21. The molecule has 23 heavy (non-hydrogen) atoms. The lowest BCUT2D eigenvalue weighted by Crippen LogP contribution is -2.29. The van der Waals surface area contributed by atoms with Crippen LogP contribution >= 0.6 is 0 Å². The largest absolute Gasteiger partial charge is 0.496 e. The van der Waals surface area contributed by atoms with Gasteiger partial charge in [0, 0.05) is 11.9 Å². The third-order valence-corrected chi connectivity index (χ3v) is 4.22. The van der Waals surface area contributed by atoms with Crippen molar-refractivity contribution in [3.05, 3.63) is 65.7 Å². The molecule has 4 heteroatoms. The van der Waals surface area contributed by atoms with Crippen LogP contribution in [0, 0.1) is 0 Å². The predicted octanol–water partition coefficient (Wildman–Crippen LogP) is 3.45. The highest BCUT2D eigenvalue weighted by Crippen LogP contribution is 2.31. The van der Waals surface area contributed by atoms with E-state index in [1.807, 2.05) is 36.4 Å². The second-order valence-corrected chi connectivity index (χ2v) is 5.57. The predicted molar refractivity (Wildman–Crippen MR) is 90.1 cm³/mol. The van der Waals surface area contributed by atoms with E-state index >= 15 is 0 Å². The van der Waals surface area contributed by atoms with Crippen molar-refractivity contribution >= 4 is 22.6 Å². The van der Waals surface area contributed by atoms with Crippen molar-refractivity contribution in [2.24, 2.45) is 0 Å². The molecule has 4 rings (SSSR count). The molecule has 0 N–H and O–H groups in total. The minimum Gasteiger partial charge on any atom is -0.496 e. The first-order chi connectivity index (χ1) is 11.3. The molecule has 0 unspecified atom stereocenters. The molecule has 2 aromatic carbocycles. The van der Waals surface area contributed by atoms with Gasteiger partial charge < -0.3 is 4.74 Å². The van der Waals surface area contributed by atoms with Crippen LogP contribution in [0.5, 0.6) is 5.75 Å². The van der Waals surface area contributed by atoms with Crippen LogP contribution in [0.25, 0.3) is 10.9 Å². The summed E-state index contributed by atoms with van der Waals surface area (Å²) in [5.74, 6) is 1.29. The number of anilines is 1. The number of carbonyl (C=O) groups excluding carboxylic acids is 1. The molecule has 0 saturated heterocycles. The smallest absolute Gasteiger partial charge is 0.263 e. The van der Waals surface area contributed by atoms with Crippen LogP contribution in [-0.2, 0) is 6.42 Å². The molecule has 0 spiro atoms. The fraction of sp³-hybridized carbons (Fsp3) is 0.158. The highest BCUT2D eigenvalue weighted by molar-refractivity contribution is 6.09. The Morgan fingerprint density at radius 2 is 1.91 bits per heavy atom. The summed E-state index contributed by atoms with van der Waals surface area (Å²) in [4.78, 5) is 19.4. The van der Waals surface area contributed by atoms with Gasteiger partial charge in [-0.05, 0) is 36.2 Å². The number of fused-ring (bicyclic) bond motifs is 2. The zero-order chi connectivity index (χ0) is 15.8. The summed E-state index contributed by atoms with van der Waals surface area (Å²) in [5, 5.41) is 1.11. The number of nitrogens with zero attached hydrogens (tertiary/aromatic N) is 2. The highest BCUT2D eigenvalue weighted by Gasteiger charge is 2.28. The number of para-hydroxylation sites is 2. The maximum Gasteiger partial charge on any atom is 0.263 e. The minimum atomic E-state index is -0.0658. The van der Waals surface area contributed by atoms with Crippen molar-refractivity contribution in [2.45, 2.75) is 6.42 Å². The first-order valence-electron chi connectivity index (χ1n) is 7.61. The van der Waals surface area contributed by atoms with Crippen LogP contribution < -0.4 is 9.64 Å². The molecular formula is C19H16N2O2. The maximum atomic E-state index is 12.9. The average molecular weight is 304 g/mol. The van der Waals surface area contributed by atoms with Gasteiger partial charge in [-0.2, -0.15) is 0 Å². The molecule has 0 aliphatic carbocycles. The molecule has 114 valence electrons. The molecular weight excluding hydrogens is 288 g/mol. The molecule has 1 aliphatic heterocycles. The zero-order valence-electron chi connectivity index (χ0n) is 12.8. The monoisotopic (exact) mass is 304 g/mol. The Balaban J connectivity index is 1.78. The van der Waals surface area contributed by atoms with Gasteiger partial charge in [0.25, 0.3) is 5.91 Å². The van der Waals surface area contributed by atoms with E-state index in [-0.39, 0.29) is 5.91 Å². The van der Waals surface area contributed by atoms with Crippen molar-refractivity contribution in [1.82, 2.24) is 4.98 Å². The van der Waals surface area contributed by atoms with Crippen LogP contribution in [0.4, 0.5) is 5.82 Å². The molecule has 3 aromatic rings. The summed E-state index contributed by atoms with van der Waals surface area (Å²) in [6.07, 6.45) is 0.827. The third kappa shape index (κ3) is 2.23. The standard InChI is InChI=1S/C19H16N2O2/c1-23-17-9-5-3-7-15(17)19(22)21-11-10-14-12-13-6-2-4-8-16(13)20-18(14)21/h2-9,12H,10-11H2,1H3. The number of methoxy groups -OCH3 is 1. The molecule has 1 amide bonds. The lowest BCUT2D eigenvalue weighted by Gasteiger charge is -2.18. The van der Waals surface area contributed by atoms with Gasteiger partial charge in [0.05, 0.1) is 18.2 Å². The summed E-state index contributed by atoms with van der Waals surface area (Å²) in [6, 6.07) is 17.4. The van der Waals surface area contributed by atoms with E-state index < -0.39 is 0 Å². The molecule has 0 fully saturated rings. The molecule has 0 atom stereocenters. The summed E-state index contributed by atoms with van der Waals surface area (Å²) >= 11 is 0. The zero-order valence-corrected chi connectivity index (χ0v) is 12.8. The normalized spacial score (nSPS) is 13.2. The van der Waals surface area contributed by atoms with Crippen molar-refractivity contribution in [1.29, 1.82) is 0 Å². The number of ether oxygens (including phenoxy) is 1. The van der Waals surface area contributed by atoms with Crippen molar-refractivity contribution in [3.63, 3.8) is 0 Å². The van der Waals surface area contributed by atoms with E-state index in [4.69, 9.17) is 9.72 Å². The number of amides is 1. The number of pyridine rings is 1. The van der Waals surface area contributed by atoms with Crippen LogP contribution in [0.15, 0.2) is 54.6 Å². The Morgan fingerprint density at radius 3 is 2.78 bits per heavy atom. The number of carbonyl (C=O) groups is 1. The molecule has 1 aromatic heterocycles. The van der Waals surface area contributed by atoms with Crippen molar-refractivity contribution in [2.75, 3.05) is 18.6 Å². The lowest BCUT2D eigenvalue weighted by atomic mass is 10.1. The van der Waals surface area contributed by atoms with Gasteiger partial charge in [-0.15, -0.1) is 0 Å². The second-order valence-electron chi connectivity index (χ2n) is 5.57. The van der Waals surface area contributed by atoms with E-state index in [9.17, 15) is 4.79 Å². The Kier molecular flexibility index (Phi) is 3.23. The van der Waals surface area contributed by atoms with Gasteiger partial charge in [0.2, 0.25) is 0 Å². The van der Waals surface area contributed by atoms with Gasteiger partial charge in [-0.1, -0.05) is 30.3 Å². The van der Waals surface area contributed by atoms with Crippen LogP contribution in [0.1, 0.15) is 15.9 Å². The number of rotatable bonds is 2. The van der Waals surface area contributed by atoms with E-state index in [1.165, 1.54) is 0 Å². The van der Waals surface area contributed by atoms with Crippen LogP contribution in [0.2, 0.25) is 0 Å². The Hall–Kier alpha value is -2.88. The maximum absolute atomic E-state index is 12.9. The van der Waals surface area contributed by atoms with E-state index in [2.05, 4.69) is 6.07 Å². The van der Waals surface area contributed by atoms with Gasteiger partial charge in [0.15, 0.2) is 0 Å². The highest BCUT2D eigenvalue weighted by atomic mass is 16.5. The number of aromatic nitrogens is 1. The van der Waals surface area contributed by atoms with Crippen LogP contribution in [0.3, 0.4) is 0 Å². The number of hydrogen-bond acceptors (Lipinski definition) is 3. The first-order valence-corrected chi connectivity index (χ1v) is 7.61. The molecule has 2 heterocycles. The van der Waals surface area contributed by atoms with Gasteiger partial charge in [0.1, 0.15) is 11.6 Å². The lowest BCUT2D eigenvalue weighted by molar-refractivity contribution is 0.0986. The fourth-order valence-electron chi connectivity index (χ4n) is 3.07. The molecule has 0 saturated carbocycles. The van der Waals surface area contributed by atoms with Gasteiger partial charge >= 0.3 is 0 Å². The minimum absolute atomic E-state index is 0.0658. The molecule has 1 aliphatic rings. The average Bonchev–Trinajstić information content (AvgIpc) is 3.01. The van der Waals surface area contributed by atoms with Crippen molar-refractivity contribution < 1.29 is 9.53 Å². The Morgan fingerprint density at radius 1 is 1.13 bits per heavy atom. The topological polar surface area (TPSA) is 42.4 Å². The summed E-state index contributed by atoms with van der Waals surface area (Å²) in [6.45, 7) is 0.648. The number of benzene rings is 2. The van der Waals surface area contributed by atoms with E-state index in [0.717, 1.165) is 28.7 Å². The van der Waals surface area contributed by atoms with Gasteiger partial charge in [-0.25, -0.2) is 4.98 Å². The summed E-state index contributed by atoms with van der Waals surface area (Å²) in [5.41, 5.74) is 2.59. The Labute approximate surface area is 134 Å². The molecule has 0 bridgehead atoms. The summed E-state index contributed by atoms with van der Waals surface area (Å²) < 4.78 is 5.32. The molecule has 4 nitrogen and oxygen atoms in total. The quantitative estimate of drug-likeness (QED) is 0.728. The van der Waals surface area contributed by atoms with Crippen LogP contribution in [-0.4, -0.2) is 24.5 Å². The van der Waals surface area contributed by atoms with Crippen molar-refractivity contribution in [3.8, 4) is 5.75 Å². The van der Waals surface area contributed by atoms with E-state index in [0.29, 0.717) is 17.9 Å². The Bertz CT molecular complexity index is 905. The second kappa shape index (κ2) is 5.39. The first kappa shape index (κ1) is 13.8. The fourth-order valence-corrected chi connectivity index (χ4v) is 3.07. The third-order valence-electron chi connectivity index (χ3n) is 4.22. The van der Waals surface area contributed by atoms with Gasteiger partial charge in [-0.3, -0.25) is 9.69 Å². The van der Waals surface area contributed by atoms with E-state index in [1.54, 1.807) is 24.1 Å². The molecule has 0 radical (unpaired) electrons. The number of hydrogen-bond donors (Lipinski definition) is 0.